The van der Waals surface area contributed by atoms with Crippen molar-refractivity contribution in [3.63, 3.8) is 0 Å². The van der Waals surface area contributed by atoms with E-state index >= 15 is 0 Å². The third-order valence-electron chi connectivity index (χ3n) is 5.07. The smallest absolute Gasteiger partial charge is 0.253 e. The van der Waals surface area contributed by atoms with E-state index in [9.17, 15) is 13.2 Å². The molecule has 1 saturated heterocycles. The summed E-state index contributed by atoms with van der Waals surface area (Å²) in [6.45, 7) is 7.15. The van der Waals surface area contributed by atoms with Crippen LogP contribution in [0.15, 0.2) is 18.5 Å². The van der Waals surface area contributed by atoms with Gasteiger partial charge in [0, 0.05) is 37.1 Å². The van der Waals surface area contributed by atoms with Crippen molar-refractivity contribution in [3.8, 4) is 0 Å². The maximum atomic E-state index is 12.6. The third kappa shape index (κ3) is 3.67. The van der Waals surface area contributed by atoms with Crippen LogP contribution in [0, 0.1) is 11.8 Å². The van der Waals surface area contributed by atoms with Gasteiger partial charge in [0.2, 0.25) is 10.0 Å². The van der Waals surface area contributed by atoms with E-state index in [-0.39, 0.29) is 23.4 Å². The molecule has 0 bridgehead atoms. The van der Waals surface area contributed by atoms with Crippen molar-refractivity contribution in [2.24, 2.45) is 11.8 Å². The summed E-state index contributed by atoms with van der Waals surface area (Å²) in [5.74, 6) is 0.651. The number of hydrogen-bond donors (Lipinski definition) is 1. The van der Waals surface area contributed by atoms with Crippen LogP contribution in [0.2, 0.25) is 0 Å². The molecule has 1 aliphatic carbocycles. The van der Waals surface area contributed by atoms with E-state index in [1.807, 2.05) is 23.0 Å². The number of carbonyl (C=O) groups is 1. The van der Waals surface area contributed by atoms with Crippen molar-refractivity contribution in [1.29, 1.82) is 0 Å². The summed E-state index contributed by atoms with van der Waals surface area (Å²) >= 11 is 0. The Kier molecular flexibility index (Phi) is 4.28. The largest absolute Gasteiger partial charge is 0.348 e. The molecule has 2 aliphatic rings. The second-order valence-corrected chi connectivity index (χ2v) is 10.1. The average Bonchev–Trinajstić information content (AvgIpc) is 3.00. The molecule has 3 rings (SSSR count). The molecule has 1 aliphatic heterocycles. The Balaban J connectivity index is 1.72. The van der Waals surface area contributed by atoms with Crippen LogP contribution < -0.4 is 5.32 Å². The fourth-order valence-corrected chi connectivity index (χ4v) is 4.29. The fraction of sp³-hybridized carbons (Fsp3) is 0.706. The summed E-state index contributed by atoms with van der Waals surface area (Å²) in [6, 6.07) is 1.72. The highest BCUT2D eigenvalue weighted by Gasteiger charge is 2.45. The molecule has 1 N–H and O–H groups in total. The summed E-state index contributed by atoms with van der Waals surface area (Å²) in [4.78, 5) is 12.6. The first-order valence-electron chi connectivity index (χ1n) is 8.50. The van der Waals surface area contributed by atoms with Gasteiger partial charge < -0.3 is 9.88 Å². The molecule has 1 aromatic heterocycles. The number of amides is 1. The molecule has 2 atom stereocenters. The van der Waals surface area contributed by atoms with Crippen LogP contribution in [0.5, 0.6) is 0 Å². The molecule has 2 heterocycles. The summed E-state index contributed by atoms with van der Waals surface area (Å²) in [5.41, 5.74) is 0.549. The van der Waals surface area contributed by atoms with Gasteiger partial charge in [-0.05, 0) is 51.5 Å². The van der Waals surface area contributed by atoms with Crippen molar-refractivity contribution in [2.75, 3.05) is 19.3 Å². The van der Waals surface area contributed by atoms with Crippen molar-refractivity contribution in [2.45, 2.75) is 45.2 Å². The summed E-state index contributed by atoms with van der Waals surface area (Å²) in [7, 11) is -3.21. The number of rotatable bonds is 4. The van der Waals surface area contributed by atoms with E-state index in [0.717, 1.165) is 12.8 Å². The van der Waals surface area contributed by atoms with E-state index in [1.165, 1.54) is 10.6 Å². The van der Waals surface area contributed by atoms with Crippen LogP contribution in [-0.4, -0.2) is 48.6 Å². The normalized spacial score (nSPS) is 25.8. The van der Waals surface area contributed by atoms with Gasteiger partial charge in [0.25, 0.3) is 5.91 Å². The molecule has 1 aromatic rings. The summed E-state index contributed by atoms with van der Waals surface area (Å²) < 4.78 is 27.2. The lowest BCUT2D eigenvalue weighted by Crippen LogP contribution is -2.41. The first-order chi connectivity index (χ1) is 11.1. The first kappa shape index (κ1) is 17.5. The molecule has 2 fully saturated rings. The van der Waals surface area contributed by atoms with Crippen LogP contribution in [0.4, 0.5) is 0 Å². The van der Waals surface area contributed by atoms with Gasteiger partial charge in [-0.15, -0.1) is 0 Å². The van der Waals surface area contributed by atoms with Crippen molar-refractivity contribution in [1.82, 2.24) is 14.2 Å². The lowest BCUT2D eigenvalue weighted by atomic mass is 9.98. The SMILES string of the molecule is CC(C)(C)n1ccc(C(=O)N[C@@H]2CN(S(C)(=O)=O)C[C@H]2C2CC2)c1. The van der Waals surface area contributed by atoms with E-state index in [4.69, 9.17) is 0 Å². The van der Waals surface area contributed by atoms with Crippen LogP contribution in [0.25, 0.3) is 0 Å². The number of nitrogens with one attached hydrogen (secondary N) is 1. The first-order valence-corrected chi connectivity index (χ1v) is 10.3. The van der Waals surface area contributed by atoms with E-state index in [0.29, 0.717) is 24.6 Å². The van der Waals surface area contributed by atoms with Crippen LogP contribution in [0.1, 0.15) is 44.0 Å². The molecule has 24 heavy (non-hydrogen) atoms. The minimum absolute atomic E-state index is 0.0739. The minimum atomic E-state index is -3.21. The number of sulfonamides is 1. The Morgan fingerprint density at radius 1 is 1.25 bits per heavy atom. The Morgan fingerprint density at radius 3 is 2.42 bits per heavy atom. The van der Waals surface area contributed by atoms with E-state index in [2.05, 4.69) is 26.1 Å². The van der Waals surface area contributed by atoms with Gasteiger partial charge >= 0.3 is 0 Å². The summed E-state index contributed by atoms with van der Waals surface area (Å²) in [6.07, 6.45) is 7.27. The van der Waals surface area contributed by atoms with Gasteiger partial charge in [-0.2, -0.15) is 4.31 Å². The Hall–Kier alpha value is -1.34. The molecule has 0 unspecified atom stereocenters. The van der Waals surface area contributed by atoms with Crippen LogP contribution >= 0.6 is 0 Å². The van der Waals surface area contributed by atoms with Gasteiger partial charge in [-0.3, -0.25) is 4.79 Å². The van der Waals surface area contributed by atoms with Crippen molar-refractivity contribution in [3.05, 3.63) is 24.0 Å². The van der Waals surface area contributed by atoms with Gasteiger partial charge in [-0.1, -0.05) is 0 Å². The predicted octanol–water partition coefficient (Wildman–Crippen LogP) is 1.64. The van der Waals surface area contributed by atoms with Crippen molar-refractivity contribution >= 4 is 15.9 Å². The number of aromatic nitrogens is 1. The molecule has 6 nitrogen and oxygen atoms in total. The van der Waals surface area contributed by atoms with Crippen molar-refractivity contribution < 1.29 is 13.2 Å². The standard InChI is InChI=1S/C17H27N3O3S/c1-17(2,3)19-8-7-13(9-19)16(21)18-15-11-20(24(4,22)23)10-14(15)12-5-6-12/h7-9,12,14-15H,5-6,10-11H2,1-4H3,(H,18,21)/t14-,15+/m0/s1. The van der Waals surface area contributed by atoms with Crippen LogP contribution in [0.3, 0.4) is 0 Å². The number of nitrogens with zero attached hydrogens (tertiary/aromatic N) is 2. The molecule has 134 valence electrons. The molecular formula is C17H27N3O3S. The predicted molar refractivity (Wildman–Crippen MR) is 93.3 cm³/mol. The zero-order valence-electron chi connectivity index (χ0n) is 14.8. The maximum Gasteiger partial charge on any atom is 0.253 e. The highest BCUT2D eigenvalue weighted by molar-refractivity contribution is 7.88. The minimum Gasteiger partial charge on any atom is -0.348 e. The zero-order chi connectivity index (χ0) is 17.7. The zero-order valence-corrected chi connectivity index (χ0v) is 15.6. The number of hydrogen-bond acceptors (Lipinski definition) is 3. The Bertz CT molecular complexity index is 729. The molecule has 0 aromatic carbocycles. The third-order valence-corrected chi connectivity index (χ3v) is 6.31. The lowest BCUT2D eigenvalue weighted by Gasteiger charge is -2.21. The molecule has 0 spiro atoms. The van der Waals surface area contributed by atoms with Crippen LogP contribution in [-0.2, 0) is 15.6 Å². The second-order valence-electron chi connectivity index (χ2n) is 8.14. The monoisotopic (exact) mass is 353 g/mol. The summed E-state index contributed by atoms with van der Waals surface area (Å²) in [5, 5.41) is 3.08. The maximum absolute atomic E-state index is 12.6. The van der Waals surface area contributed by atoms with Gasteiger partial charge in [0.15, 0.2) is 0 Å². The fourth-order valence-electron chi connectivity index (χ4n) is 3.42. The van der Waals surface area contributed by atoms with Gasteiger partial charge in [-0.25, -0.2) is 8.42 Å². The van der Waals surface area contributed by atoms with Gasteiger partial charge in [0.1, 0.15) is 0 Å². The van der Waals surface area contributed by atoms with E-state index < -0.39 is 10.0 Å². The highest BCUT2D eigenvalue weighted by atomic mass is 32.2. The Morgan fingerprint density at radius 2 is 1.92 bits per heavy atom. The quantitative estimate of drug-likeness (QED) is 0.894. The molecule has 1 saturated carbocycles. The average molecular weight is 353 g/mol. The Labute approximate surface area is 144 Å². The van der Waals surface area contributed by atoms with E-state index in [1.54, 1.807) is 0 Å². The topological polar surface area (TPSA) is 71.4 Å². The molecule has 1 amide bonds. The molecular weight excluding hydrogens is 326 g/mol. The molecule has 0 radical (unpaired) electrons. The lowest BCUT2D eigenvalue weighted by molar-refractivity contribution is 0.0928. The molecule has 7 heteroatoms. The second kappa shape index (κ2) is 5.88. The van der Waals surface area contributed by atoms with Gasteiger partial charge in [0.05, 0.1) is 11.8 Å². The number of carbonyl (C=O) groups excluding carboxylic acids is 1. The highest BCUT2D eigenvalue weighted by Crippen LogP contribution is 2.42.